The molecule has 1 aromatic heterocycles. The smallest absolute Gasteiger partial charge is 0.0426 e. The zero-order chi connectivity index (χ0) is 12.3. The molecule has 1 rings (SSSR count). The molecule has 0 bridgehead atoms. The van der Waals surface area contributed by atoms with Gasteiger partial charge in [0.25, 0.3) is 0 Å². The molecule has 0 aliphatic heterocycles. The van der Waals surface area contributed by atoms with E-state index in [-0.39, 0.29) is 0 Å². The van der Waals surface area contributed by atoms with Crippen LogP contribution in [0.2, 0.25) is 0 Å². The summed E-state index contributed by atoms with van der Waals surface area (Å²) < 4.78 is 0. The number of rotatable bonds is 4. The lowest BCUT2D eigenvalue weighted by molar-refractivity contribution is 0.531. The highest BCUT2D eigenvalue weighted by Gasteiger charge is 2.13. The lowest BCUT2D eigenvalue weighted by Crippen LogP contribution is -2.28. The summed E-state index contributed by atoms with van der Waals surface area (Å²) in [5.41, 5.74) is 4.82. The molecule has 0 saturated heterocycles. The van der Waals surface area contributed by atoms with Crippen molar-refractivity contribution in [2.75, 3.05) is 0 Å². The molecule has 1 N–H and O–H groups in total. The van der Waals surface area contributed by atoms with Crippen LogP contribution in [0.4, 0.5) is 0 Å². The van der Waals surface area contributed by atoms with Crippen molar-refractivity contribution in [3.63, 3.8) is 0 Å². The fourth-order valence-electron chi connectivity index (χ4n) is 2.23. The number of hydrogen-bond donors (Lipinski definition) is 1. The number of nitrogens with zero attached hydrogens (tertiary/aromatic N) is 1. The van der Waals surface area contributed by atoms with Gasteiger partial charge in [-0.3, -0.25) is 4.98 Å². The second kappa shape index (κ2) is 5.26. The van der Waals surface area contributed by atoms with Crippen molar-refractivity contribution in [1.29, 1.82) is 0 Å². The van der Waals surface area contributed by atoms with Crippen molar-refractivity contribution in [3.8, 4) is 0 Å². The Labute approximate surface area is 98.8 Å². The van der Waals surface area contributed by atoms with Gasteiger partial charge in [0.2, 0.25) is 0 Å². The molecule has 0 aromatic carbocycles. The Bertz CT molecular complexity index is 359. The van der Waals surface area contributed by atoms with Crippen molar-refractivity contribution in [2.45, 2.75) is 46.7 Å². The molecule has 2 atom stereocenters. The molecule has 0 spiro atoms. The van der Waals surface area contributed by atoms with Gasteiger partial charge in [0.05, 0.1) is 0 Å². The molecule has 2 nitrogen and oxygen atoms in total. The summed E-state index contributed by atoms with van der Waals surface area (Å²) in [7, 11) is 0. The summed E-state index contributed by atoms with van der Waals surface area (Å²) >= 11 is 0. The first-order valence-electron chi connectivity index (χ1n) is 5.79. The highest BCUT2D eigenvalue weighted by Crippen LogP contribution is 2.21. The van der Waals surface area contributed by atoms with E-state index in [1.807, 2.05) is 13.0 Å². The van der Waals surface area contributed by atoms with Crippen LogP contribution in [0.25, 0.3) is 0 Å². The first kappa shape index (κ1) is 12.9. The summed E-state index contributed by atoms with van der Waals surface area (Å²) in [5.74, 6) is 0. The van der Waals surface area contributed by atoms with Crippen LogP contribution in [0.3, 0.4) is 0 Å². The fourth-order valence-corrected chi connectivity index (χ4v) is 2.23. The van der Waals surface area contributed by atoms with Crippen LogP contribution in [0, 0.1) is 20.8 Å². The molecule has 2 heteroatoms. The zero-order valence-corrected chi connectivity index (χ0v) is 11.0. The van der Waals surface area contributed by atoms with Crippen molar-refractivity contribution in [3.05, 3.63) is 41.2 Å². The van der Waals surface area contributed by atoms with E-state index < -0.39 is 0 Å². The molecular formula is C14H22N2. The largest absolute Gasteiger partial charge is 0.304 e. The van der Waals surface area contributed by atoms with Crippen molar-refractivity contribution >= 4 is 0 Å². The van der Waals surface area contributed by atoms with E-state index >= 15 is 0 Å². The SMILES string of the molecule is C=CC(C)NC(C)c1c(C)cc(C)nc1C. The van der Waals surface area contributed by atoms with Crippen molar-refractivity contribution in [2.24, 2.45) is 0 Å². The monoisotopic (exact) mass is 218 g/mol. The van der Waals surface area contributed by atoms with Gasteiger partial charge < -0.3 is 5.32 Å². The average molecular weight is 218 g/mol. The number of aryl methyl sites for hydroxylation is 3. The number of hydrogen-bond acceptors (Lipinski definition) is 2. The van der Waals surface area contributed by atoms with Crippen LogP contribution in [-0.4, -0.2) is 11.0 Å². The minimum atomic E-state index is 0.307. The predicted octanol–water partition coefficient (Wildman–Crippen LogP) is 3.23. The maximum Gasteiger partial charge on any atom is 0.0426 e. The Balaban J connectivity index is 2.99. The quantitative estimate of drug-likeness (QED) is 0.785. The van der Waals surface area contributed by atoms with Gasteiger partial charge in [0.1, 0.15) is 0 Å². The Morgan fingerprint density at radius 2 is 1.94 bits per heavy atom. The van der Waals surface area contributed by atoms with E-state index in [1.54, 1.807) is 0 Å². The average Bonchev–Trinajstić information content (AvgIpc) is 2.15. The standard InChI is InChI=1S/C14H22N2/c1-7-10(3)15-12(5)14-9(2)8-11(4)16-13(14)6/h7-8,10,12,15H,1H2,2-6H3. The van der Waals surface area contributed by atoms with Gasteiger partial charge >= 0.3 is 0 Å². The summed E-state index contributed by atoms with van der Waals surface area (Å²) in [6, 6.07) is 2.76. The van der Waals surface area contributed by atoms with E-state index in [2.05, 4.69) is 50.6 Å². The molecule has 0 radical (unpaired) electrons. The maximum atomic E-state index is 4.52. The molecule has 16 heavy (non-hydrogen) atoms. The summed E-state index contributed by atoms with van der Waals surface area (Å²) in [6.45, 7) is 14.3. The summed E-state index contributed by atoms with van der Waals surface area (Å²) in [6.07, 6.45) is 1.92. The normalized spacial score (nSPS) is 14.6. The molecule has 0 amide bonds. The van der Waals surface area contributed by atoms with E-state index in [0.717, 1.165) is 11.4 Å². The molecule has 1 aromatic rings. The van der Waals surface area contributed by atoms with Crippen LogP contribution in [0.5, 0.6) is 0 Å². The number of pyridine rings is 1. The van der Waals surface area contributed by atoms with Gasteiger partial charge in [-0.05, 0) is 51.8 Å². The molecule has 0 fully saturated rings. The summed E-state index contributed by atoms with van der Waals surface area (Å²) in [5, 5.41) is 3.49. The van der Waals surface area contributed by atoms with Crippen molar-refractivity contribution in [1.82, 2.24) is 10.3 Å². The van der Waals surface area contributed by atoms with Crippen LogP contribution in [-0.2, 0) is 0 Å². The van der Waals surface area contributed by atoms with Gasteiger partial charge in [0, 0.05) is 23.5 Å². The first-order valence-corrected chi connectivity index (χ1v) is 5.79. The second-order valence-corrected chi connectivity index (χ2v) is 4.49. The van der Waals surface area contributed by atoms with Crippen LogP contribution >= 0.6 is 0 Å². The van der Waals surface area contributed by atoms with Gasteiger partial charge in [-0.2, -0.15) is 0 Å². The third kappa shape index (κ3) is 2.92. The topological polar surface area (TPSA) is 24.9 Å². The first-order chi connectivity index (χ1) is 7.45. The zero-order valence-electron chi connectivity index (χ0n) is 11.0. The van der Waals surface area contributed by atoms with E-state index in [0.29, 0.717) is 12.1 Å². The highest BCUT2D eigenvalue weighted by molar-refractivity contribution is 5.33. The Morgan fingerprint density at radius 1 is 1.31 bits per heavy atom. The lowest BCUT2D eigenvalue weighted by Gasteiger charge is -2.21. The minimum Gasteiger partial charge on any atom is -0.304 e. The van der Waals surface area contributed by atoms with Gasteiger partial charge in [-0.15, -0.1) is 6.58 Å². The second-order valence-electron chi connectivity index (χ2n) is 4.49. The Kier molecular flexibility index (Phi) is 4.25. The summed E-state index contributed by atoms with van der Waals surface area (Å²) in [4.78, 5) is 4.52. The van der Waals surface area contributed by atoms with Crippen LogP contribution in [0.15, 0.2) is 18.7 Å². The molecule has 0 saturated carbocycles. The molecule has 88 valence electrons. The van der Waals surface area contributed by atoms with Gasteiger partial charge in [-0.25, -0.2) is 0 Å². The van der Waals surface area contributed by atoms with E-state index in [1.165, 1.54) is 11.1 Å². The minimum absolute atomic E-state index is 0.307. The van der Waals surface area contributed by atoms with E-state index in [4.69, 9.17) is 0 Å². The third-order valence-corrected chi connectivity index (χ3v) is 2.88. The molecule has 2 unspecified atom stereocenters. The molecule has 0 aliphatic rings. The lowest BCUT2D eigenvalue weighted by atomic mass is 10.00. The predicted molar refractivity (Wildman–Crippen MR) is 69.7 cm³/mol. The maximum absolute atomic E-state index is 4.52. The van der Waals surface area contributed by atoms with Gasteiger partial charge in [0.15, 0.2) is 0 Å². The number of nitrogens with one attached hydrogen (secondary N) is 1. The molecular weight excluding hydrogens is 196 g/mol. The van der Waals surface area contributed by atoms with E-state index in [9.17, 15) is 0 Å². The van der Waals surface area contributed by atoms with Gasteiger partial charge in [-0.1, -0.05) is 6.08 Å². The highest BCUT2D eigenvalue weighted by atomic mass is 14.9. The Morgan fingerprint density at radius 3 is 2.44 bits per heavy atom. The number of aromatic nitrogens is 1. The Hall–Kier alpha value is -1.15. The van der Waals surface area contributed by atoms with Crippen molar-refractivity contribution < 1.29 is 0 Å². The van der Waals surface area contributed by atoms with Crippen LogP contribution in [0.1, 0.15) is 42.4 Å². The third-order valence-electron chi connectivity index (χ3n) is 2.88. The fraction of sp³-hybridized carbons (Fsp3) is 0.500. The molecule has 0 aliphatic carbocycles. The molecule has 1 heterocycles. The van der Waals surface area contributed by atoms with Crippen LogP contribution < -0.4 is 5.32 Å².